The summed E-state index contributed by atoms with van der Waals surface area (Å²) in [6.07, 6.45) is 8.44. The van der Waals surface area contributed by atoms with Crippen LogP contribution in [0.3, 0.4) is 0 Å². The molecule has 4 rings (SSSR count). The van der Waals surface area contributed by atoms with Crippen LogP contribution in [0.25, 0.3) is 0 Å². The number of urea groups is 1. The highest BCUT2D eigenvalue weighted by Gasteiger charge is 2.22. The number of aromatic nitrogens is 2. The second kappa shape index (κ2) is 9.69. The minimum absolute atomic E-state index is 0.0295. The molecule has 7 heteroatoms. The van der Waals surface area contributed by atoms with Crippen LogP contribution in [-0.2, 0) is 13.1 Å². The van der Waals surface area contributed by atoms with Gasteiger partial charge in [0.15, 0.2) is 0 Å². The zero-order valence-corrected chi connectivity index (χ0v) is 16.8. The maximum atomic E-state index is 12.6. The number of ether oxygens (including phenoxy) is 1. The number of amides is 2. The van der Waals surface area contributed by atoms with Crippen molar-refractivity contribution in [2.24, 2.45) is 0 Å². The average Bonchev–Trinajstić information content (AvgIpc) is 3.27. The maximum absolute atomic E-state index is 12.6. The number of piperazine rings is 1. The average molecular weight is 396 g/mol. The standard InChI is InChI=1S/C22H29N5O2/c28-22(27-14-12-26(13-15-27)17-19-7-3-4-10-23-19)25-16-18-6-5-11-24-21(18)29-20-8-1-2-9-20/h3-7,10-11,20H,1-2,8-9,12-17H2,(H,25,28). The minimum Gasteiger partial charge on any atom is -0.474 e. The topological polar surface area (TPSA) is 70.6 Å². The molecule has 0 aromatic carbocycles. The van der Waals surface area contributed by atoms with E-state index in [4.69, 9.17) is 4.74 Å². The van der Waals surface area contributed by atoms with Crippen LogP contribution < -0.4 is 10.1 Å². The minimum atomic E-state index is -0.0295. The highest BCUT2D eigenvalue weighted by molar-refractivity contribution is 5.74. The molecule has 2 amide bonds. The van der Waals surface area contributed by atoms with E-state index in [1.807, 2.05) is 41.4 Å². The van der Waals surface area contributed by atoms with E-state index in [1.54, 1.807) is 6.20 Å². The van der Waals surface area contributed by atoms with E-state index in [2.05, 4.69) is 20.2 Å². The lowest BCUT2D eigenvalue weighted by molar-refractivity contribution is 0.134. The number of carbonyl (C=O) groups excluding carboxylic acids is 1. The molecule has 1 aliphatic carbocycles. The molecule has 2 aromatic heterocycles. The van der Waals surface area contributed by atoms with Crippen molar-refractivity contribution in [1.29, 1.82) is 0 Å². The first-order valence-electron chi connectivity index (χ1n) is 10.5. The van der Waals surface area contributed by atoms with Gasteiger partial charge in [0.25, 0.3) is 0 Å². The van der Waals surface area contributed by atoms with Crippen LogP contribution in [0.2, 0.25) is 0 Å². The molecule has 0 radical (unpaired) electrons. The lowest BCUT2D eigenvalue weighted by Crippen LogP contribution is -2.51. The van der Waals surface area contributed by atoms with Crippen LogP contribution in [0.15, 0.2) is 42.7 Å². The zero-order chi connectivity index (χ0) is 19.9. The summed E-state index contributed by atoms with van der Waals surface area (Å²) in [6, 6.07) is 9.81. The Morgan fingerprint density at radius 3 is 2.59 bits per heavy atom. The molecule has 0 bridgehead atoms. The molecule has 7 nitrogen and oxygen atoms in total. The Morgan fingerprint density at radius 2 is 1.83 bits per heavy atom. The van der Waals surface area contributed by atoms with E-state index in [-0.39, 0.29) is 12.1 Å². The molecular weight excluding hydrogens is 366 g/mol. The molecule has 1 aliphatic heterocycles. The van der Waals surface area contributed by atoms with E-state index in [0.29, 0.717) is 12.4 Å². The summed E-state index contributed by atoms with van der Waals surface area (Å²) in [5.41, 5.74) is 2.00. The lowest BCUT2D eigenvalue weighted by atomic mass is 10.2. The van der Waals surface area contributed by atoms with Crippen molar-refractivity contribution < 1.29 is 9.53 Å². The van der Waals surface area contributed by atoms with Crippen molar-refractivity contribution in [3.63, 3.8) is 0 Å². The normalized spacial score (nSPS) is 18.0. The van der Waals surface area contributed by atoms with Gasteiger partial charge in [0, 0.05) is 57.2 Å². The number of pyridine rings is 2. The largest absolute Gasteiger partial charge is 0.474 e. The predicted octanol–water partition coefficient (Wildman–Crippen LogP) is 2.83. The zero-order valence-electron chi connectivity index (χ0n) is 16.8. The Kier molecular flexibility index (Phi) is 6.56. The van der Waals surface area contributed by atoms with Crippen molar-refractivity contribution in [2.45, 2.75) is 44.9 Å². The molecule has 0 atom stereocenters. The lowest BCUT2D eigenvalue weighted by Gasteiger charge is -2.34. The Labute approximate surface area is 172 Å². The van der Waals surface area contributed by atoms with E-state index < -0.39 is 0 Å². The van der Waals surface area contributed by atoms with Crippen LogP contribution in [0.1, 0.15) is 36.9 Å². The fourth-order valence-corrected chi connectivity index (χ4v) is 3.94. The molecule has 1 saturated carbocycles. The van der Waals surface area contributed by atoms with E-state index >= 15 is 0 Å². The van der Waals surface area contributed by atoms with Crippen LogP contribution in [0.5, 0.6) is 5.88 Å². The van der Waals surface area contributed by atoms with E-state index in [9.17, 15) is 4.79 Å². The molecule has 0 spiro atoms. The summed E-state index contributed by atoms with van der Waals surface area (Å²) in [5, 5.41) is 3.03. The van der Waals surface area contributed by atoms with Crippen LogP contribution in [-0.4, -0.2) is 58.1 Å². The van der Waals surface area contributed by atoms with Gasteiger partial charge in [0.2, 0.25) is 5.88 Å². The van der Waals surface area contributed by atoms with Crippen molar-refractivity contribution in [1.82, 2.24) is 25.1 Å². The van der Waals surface area contributed by atoms with Gasteiger partial charge in [0.1, 0.15) is 6.10 Å². The third kappa shape index (κ3) is 5.44. The van der Waals surface area contributed by atoms with Crippen molar-refractivity contribution in [3.05, 3.63) is 54.0 Å². The monoisotopic (exact) mass is 395 g/mol. The van der Waals surface area contributed by atoms with Crippen LogP contribution in [0.4, 0.5) is 4.79 Å². The maximum Gasteiger partial charge on any atom is 0.317 e. The second-order valence-corrected chi connectivity index (χ2v) is 7.73. The van der Waals surface area contributed by atoms with Crippen molar-refractivity contribution >= 4 is 6.03 Å². The Morgan fingerprint density at radius 1 is 1.03 bits per heavy atom. The number of nitrogens with zero attached hydrogens (tertiary/aromatic N) is 4. The first kappa shape index (κ1) is 19.6. The highest BCUT2D eigenvalue weighted by Crippen LogP contribution is 2.25. The fraction of sp³-hybridized carbons (Fsp3) is 0.500. The number of hydrogen-bond donors (Lipinski definition) is 1. The van der Waals surface area contributed by atoms with Gasteiger partial charge < -0.3 is 15.0 Å². The fourth-order valence-electron chi connectivity index (χ4n) is 3.94. The van der Waals surface area contributed by atoms with Crippen molar-refractivity contribution in [2.75, 3.05) is 26.2 Å². The third-order valence-electron chi connectivity index (χ3n) is 5.63. The number of rotatable bonds is 6. The van der Waals surface area contributed by atoms with Crippen LogP contribution >= 0.6 is 0 Å². The van der Waals surface area contributed by atoms with Gasteiger partial charge in [-0.05, 0) is 43.9 Å². The smallest absolute Gasteiger partial charge is 0.317 e. The van der Waals surface area contributed by atoms with Gasteiger partial charge in [-0.1, -0.05) is 12.1 Å². The number of hydrogen-bond acceptors (Lipinski definition) is 5. The SMILES string of the molecule is O=C(NCc1cccnc1OC1CCCC1)N1CCN(Cc2ccccn2)CC1. The van der Waals surface area contributed by atoms with Gasteiger partial charge in [-0.25, -0.2) is 9.78 Å². The molecular formula is C22H29N5O2. The van der Waals surface area contributed by atoms with E-state index in [1.165, 1.54) is 12.8 Å². The van der Waals surface area contributed by atoms with Crippen molar-refractivity contribution in [3.8, 4) is 5.88 Å². The van der Waals surface area contributed by atoms with Gasteiger partial charge in [-0.15, -0.1) is 0 Å². The summed E-state index contributed by atoms with van der Waals surface area (Å²) < 4.78 is 6.07. The van der Waals surface area contributed by atoms with Gasteiger partial charge in [-0.3, -0.25) is 9.88 Å². The number of nitrogens with one attached hydrogen (secondary N) is 1. The second-order valence-electron chi connectivity index (χ2n) is 7.73. The summed E-state index contributed by atoms with van der Waals surface area (Å²) in [6.45, 7) is 4.41. The summed E-state index contributed by atoms with van der Waals surface area (Å²) in [7, 11) is 0. The molecule has 29 heavy (non-hydrogen) atoms. The van der Waals surface area contributed by atoms with Gasteiger partial charge in [-0.2, -0.15) is 0 Å². The first-order chi connectivity index (χ1) is 14.3. The summed E-state index contributed by atoms with van der Waals surface area (Å²) >= 11 is 0. The van der Waals surface area contributed by atoms with Gasteiger partial charge >= 0.3 is 6.03 Å². The summed E-state index contributed by atoms with van der Waals surface area (Å²) in [4.78, 5) is 25.6. The highest BCUT2D eigenvalue weighted by atomic mass is 16.5. The Bertz CT molecular complexity index is 787. The Balaban J connectivity index is 1.24. The molecule has 2 fully saturated rings. The Hall–Kier alpha value is -2.67. The summed E-state index contributed by atoms with van der Waals surface area (Å²) in [5.74, 6) is 0.653. The molecule has 1 N–H and O–H groups in total. The molecule has 1 saturated heterocycles. The number of carbonyl (C=O) groups is 1. The first-order valence-corrected chi connectivity index (χ1v) is 10.5. The third-order valence-corrected chi connectivity index (χ3v) is 5.63. The van der Waals surface area contributed by atoms with E-state index in [0.717, 1.165) is 56.8 Å². The quantitative estimate of drug-likeness (QED) is 0.814. The van der Waals surface area contributed by atoms with Gasteiger partial charge in [0.05, 0.1) is 5.69 Å². The van der Waals surface area contributed by atoms with Crippen LogP contribution in [0, 0.1) is 0 Å². The molecule has 2 aliphatic rings. The molecule has 154 valence electrons. The predicted molar refractivity (Wildman–Crippen MR) is 110 cm³/mol. The molecule has 0 unspecified atom stereocenters. The molecule has 3 heterocycles. The molecule has 2 aromatic rings.